The third-order valence-electron chi connectivity index (χ3n) is 5.00. The van der Waals surface area contributed by atoms with Gasteiger partial charge in [-0.2, -0.15) is 0 Å². The van der Waals surface area contributed by atoms with Crippen molar-refractivity contribution >= 4 is 22.7 Å². The number of hydrogen-bond donors (Lipinski definition) is 1. The Labute approximate surface area is 156 Å². The molecule has 2 amide bonds. The summed E-state index contributed by atoms with van der Waals surface area (Å²) in [5, 5.41) is 3.96. The molecule has 0 bridgehead atoms. The Morgan fingerprint density at radius 3 is 2.78 bits per heavy atom. The van der Waals surface area contributed by atoms with Crippen LogP contribution < -0.4 is 5.32 Å². The molecule has 1 fully saturated rings. The number of likely N-dealkylation sites (tertiary alicyclic amines) is 1. The van der Waals surface area contributed by atoms with E-state index in [1.54, 1.807) is 17.0 Å². The number of nitrogens with one attached hydrogen (secondary N) is 1. The van der Waals surface area contributed by atoms with E-state index in [0.29, 0.717) is 18.8 Å². The van der Waals surface area contributed by atoms with Crippen LogP contribution >= 0.6 is 0 Å². The van der Waals surface area contributed by atoms with E-state index in [1.165, 1.54) is 12.1 Å². The Morgan fingerprint density at radius 1 is 1.19 bits per heavy atom. The second kappa shape index (κ2) is 6.87. The van der Waals surface area contributed by atoms with Gasteiger partial charge in [-0.05, 0) is 29.8 Å². The summed E-state index contributed by atoms with van der Waals surface area (Å²) < 4.78 is 15.2. The Balaban J connectivity index is 1.44. The number of aryl methyl sites for hydroxylation is 1. The molecule has 2 heterocycles. The van der Waals surface area contributed by atoms with Crippen molar-refractivity contribution in [2.75, 3.05) is 6.54 Å². The third kappa shape index (κ3) is 3.43. The fraction of sp³-hybridized carbons (Fsp3) is 0.238. The van der Waals surface area contributed by atoms with Gasteiger partial charge in [0.15, 0.2) is 0 Å². The molecule has 3 aromatic rings. The van der Waals surface area contributed by atoms with Gasteiger partial charge in [0.2, 0.25) is 5.91 Å². The van der Waals surface area contributed by atoms with Crippen LogP contribution in [0, 0.1) is 5.82 Å². The molecule has 0 unspecified atom stereocenters. The van der Waals surface area contributed by atoms with Gasteiger partial charge in [-0.15, -0.1) is 0 Å². The highest BCUT2D eigenvalue weighted by molar-refractivity contribution is 5.99. The Bertz CT molecular complexity index is 1030. The minimum Gasteiger partial charge on any atom is -0.346 e. The van der Waals surface area contributed by atoms with E-state index in [9.17, 15) is 14.0 Å². The van der Waals surface area contributed by atoms with Crippen LogP contribution in [0.5, 0.6) is 0 Å². The van der Waals surface area contributed by atoms with Crippen LogP contribution in [-0.4, -0.2) is 33.9 Å². The molecule has 4 rings (SSSR count). The van der Waals surface area contributed by atoms with E-state index in [2.05, 4.69) is 5.32 Å². The maximum absolute atomic E-state index is 13.3. The predicted octanol–water partition coefficient (Wildman–Crippen LogP) is 2.85. The SMILES string of the molecule is Cn1c(C(=O)N[C@@H]2CC(=O)N(Cc3cccc(F)c3)C2)cc2ccccc21. The highest BCUT2D eigenvalue weighted by Crippen LogP contribution is 2.20. The van der Waals surface area contributed by atoms with Gasteiger partial charge in [-0.1, -0.05) is 30.3 Å². The summed E-state index contributed by atoms with van der Waals surface area (Å²) in [4.78, 5) is 26.6. The lowest BCUT2D eigenvalue weighted by molar-refractivity contribution is -0.128. The average Bonchev–Trinajstić information content (AvgIpc) is 3.15. The van der Waals surface area contributed by atoms with Crippen molar-refractivity contribution in [3.8, 4) is 0 Å². The quantitative estimate of drug-likeness (QED) is 0.773. The molecule has 1 aromatic heterocycles. The first-order chi connectivity index (χ1) is 13.0. The van der Waals surface area contributed by atoms with Crippen molar-refractivity contribution in [3.05, 3.63) is 71.7 Å². The fourth-order valence-corrected chi connectivity index (χ4v) is 3.64. The summed E-state index contributed by atoms with van der Waals surface area (Å²) in [6, 6.07) is 15.6. The van der Waals surface area contributed by atoms with Crippen LogP contribution in [0.1, 0.15) is 22.5 Å². The van der Waals surface area contributed by atoms with Crippen LogP contribution in [0.2, 0.25) is 0 Å². The van der Waals surface area contributed by atoms with Gasteiger partial charge in [0, 0.05) is 37.5 Å². The molecule has 1 aliphatic rings. The predicted molar refractivity (Wildman–Crippen MR) is 101 cm³/mol. The molecule has 0 saturated carbocycles. The fourth-order valence-electron chi connectivity index (χ4n) is 3.64. The van der Waals surface area contributed by atoms with Crippen molar-refractivity contribution in [1.29, 1.82) is 0 Å². The number of halogens is 1. The van der Waals surface area contributed by atoms with Crippen molar-refractivity contribution in [3.63, 3.8) is 0 Å². The van der Waals surface area contributed by atoms with E-state index in [-0.39, 0.29) is 30.1 Å². The first kappa shape index (κ1) is 17.3. The Kier molecular flexibility index (Phi) is 4.39. The van der Waals surface area contributed by atoms with Gasteiger partial charge in [0.25, 0.3) is 5.91 Å². The molecule has 27 heavy (non-hydrogen) atoms. The molecule has 1 N–H and O–H groups in total. The smallest absolute Gasteiger partial charge is 0.268 e. The molecule has 5 nitrogen and oxygen atoms in total. The number of benzene rings is 2. The van der Waals surface area contributed by atoms with E-state index in [4.69, 9.17) is 0 Å². The van der Waals surface area contributed by atoms with Crippen molar-refractivity contribution in [1.82, 2.24) is 14.8 Å². The summed E-state index contributed by atoms with van der Waals surface area (Å²) in [6.45, 7) is 0.766. The van der Waals surface area contributed by atoms with Crippen molar-refractivity contribution < 1.29 is 14.0 Å². The highest BCUT2D eigenvalue weighted by atomic mass is 19.1. The first-order valence-electron chi connectivity index (χ1n) is 8.89. The topological polar surface area (TPSA) is 54.3 Å². The number of carbonyl (C=O) groups excluding carboxylic acids is 2. The van der Waals surface area contributed by atoms with Crippen molar-refractivity contribution in [2.24, 2.45) is 7.05 Å². The Morgan fingerprint density at radius 2 is 2.00 bits per heavy atom. The molecule has 1 aliphatic heterocycles. The number of hydrogen-bond acceptors (Lipinski definition) is 2. The highest BCUT2D eigenvalue weighted by Gasteiger charge is 2.31. The second-order valence-corrected chi connectivity index (χ2v) is 6.93. The maximum atomic E-state index is 13.3. The lowest BCUT2D eigenvalue weighted by Gasteiger charge is -2.17. The van der Waals surface area contributed by atoms with E-state index in [0.717, 1.165) is 16.5 Å². The molecule has 1 saturated heterocycles. The summed E-state index contributed by atoms with van der Waals surface area (Å²) in [7, 11) is 1.85. The number of para-hydroxylation sites is 1. The van der Waals surface area contributed by atoms with Crippen LogP contribution in [0.25, 0.3) is 10.9 Å². The number of amides is 2. The molecular weight excluding hydrogens is 345 g/mol. The van der Waals surface area contributed by atoms with Gasteiger partial charge in [0.05, 0.1) is 6.04 Å². The first-order valence-corrected chi connectivity index (χ1v) is 8.89. The molecule has 2 aromatic carbocycles. The van der Waals surface area contributed by atoms with Crippen LogP contribution in [0.4, 0.5) is 4.39 Å². The standard InChI is InChI=1S/C21H20FN3O2/c1-24-18-8-3-2-6-15(18)10-19(24)21(27)23-17-11-20(26)25(13-17)12-14-5-4-7-16(22)9-14/h2-10,17H,11-13H2,1H3,(H,23,27)/t17-/m1/s1. The van der Waals surface area contributed by atoms with Gasteiger partial charge in [-0.25, -0.2) is 4.39 Å². The minimum atomic E-state index is -0.320. The van der Waals surface area contributed by atoms with Crippen LogP contribution in [0.3, 0.4) is 0 Å². The number of nitrogens with zero attached hydrogens (tertiary/aromatic N) is 2. The average molecular weight is 365 g/mol. The van der Waals surface area contributed by atoms with Crippen LogP contribution in [-0.2, 0) is 18.4 Å². The van der Waals surface area contributed by atoms with Gasteiger partial charge in [0.1, 0.15) is 11.5 Å². The summed E-state index contributed by atoms with van der Waals surface area (Å²) in [5.74, 6) is -0.555. The zero-order valence-corrected chi connectivity index (χ0v) is 15.0. The molecule has 138 valence electrons. The minimum absolute atomic E-state index is 0.0402. The summed E-state index contributed by atoms with van der Waals surface area (Å²) in [6.07, 6.45) is 0.255. The van der Waals surface area contributed by atoms with Gasteiger partial charge < -0.3 is 14.8 Å². The summed E-state index contributed by atoms with van der Waals surface area (Å²) in [5.41, 5.74) is 2.29. The number of carbonyl (C=O) groups is 2. The summed E-state index contributed by atoms with van der Waals surface area (Å²) >= 11 is 0. The number of aromatic nitrogens is 1. The van der Waals surface area contributed by atoms with E-state index in [1.807, 2.05) is 41.9 Å². The van der Waals surface area contributed by atoms with Gasteiger partial charge in [-0.3, -0.25) is 9.59 Å². The molecule has 0 aliphatic carbocycles. The van der Waals surface area contributed by atoms with E-state index >= 15 is 0 Å². The normalized spacial score (nSPS) is 16.9. The molecular formula is C21H20FN3O2. The largest absolute Gasteiger partial charge is 0.346 e. The Hall–Kier alpha value is -3.15. The number of fused-ring (bicyclic) bond motifs is 1. The molecule has 0 radical (unpaired) electrons. The molecule has 6 heteroatoms. The number of rotatable bonds is 4. The lowest BCUT2D eigenvalue weighted by Crippen LogP contribution is -2.37. The van der Waals surface area contributed by atoms with Crippen molar-refractivity contribution in [2.45, 2.75) is 19.0 Å². The van der Waals surface area contributed by atoms with E-state index < -0.39 is 0 Å². The second-order valence-electron chi connectivity index (χ2n) is 6.93. The molecule has 0 spiro atoms. The van der Waals surface area contributed by atoms with Crippen LogP contribution in [0.15, 0.2) is 54.6 Å². The zero-order chi connectivity index (χ0) is 19.0. The lowest BCUT2D eigenvalue weighted by atomic mass is 10.2. The zero-order valence-electron chi connectivity index (χ0n) is 15.0. The molecule has 1 atom stereocenters. The maximum Gasteiger partial charge on any atom is 0.268 e. The monoisotopic (exact) mass is 365 g/mol. The third-order valence-corrected chi connectivity index (χ3v) is 5.00. The van der Waals surface area contributed by atoms with Gasteiger partial charge >= 0.3 is 0 Å².